The zero-order chi connectivity index (χ0) is 21.7. The van der Waals surface area contributed by atoms with Crippen molar-refractivity contribution in [1.29, 1.82) is 0 Å². The van der Waals surface area contributed by atoms with Gasteiger partial charge in [-0.1, -0.05) is 41.9 Å². The molecule has 0 aliphatic carbocycles. The number of rotatable bonds is 7. The first-order chi connectivity index (χ1) is 14.2. The Balaban J connectivity index is 1.72. The van der Waals surface area contributed by atoms with Crippen LogP contribution in [-0.2, 0) is 14.8 Å². The zero-order valence-corrected chi connectivity index (χ0v) is 18.0. The molecule has 0 heterocycles. The SMILES string of the molecule is Cc1ccc(S(=O)(=O)Nc2cccc(Cl)c2)cc1NC(=O)COc1ccccc1C. The van der Waals surface area contributed by atoms with Gasteiger partial charge < -0.3 is 10.1 Å². The molecule has 8 heteroatoms. The summed E-state index contributed by atoms with van der Waals surface area (Å²) < 4.78 is 33.5. The third-order valence-electron chi connectivity index (χ3n) is 4.32. The van der Waals surface area contributed by atoms with Gasteiger partial charge in [-0.2, -0.15) is 0 Å². The lowest BCUT2D eigenvalue weighted by molar-refractivity contribution is -0.118. The Kier molecular flexibility index (Phi) is 6.64. The molecule has 0 radical (unpaired) electrons. The van der Waals surface area contributed by atoms with Gasteiger partial charge in [0.25, 0.3) is 15.9 Å². The van der Waals surface area contributed by atoms with Crippen LogP contribution in [0.5, 0.6) is 5.75 Å². The summed E-state index contributed by atoms with van der Waals surface area (Å²) >= 11 is 5.91. The summed E-state index contributed by atoms with van der Waals surface area (Å²) in [7, 11) is -3.86. The van der Waals surface area contributed by atoms with E-state index in [4.69, 9.17) is 16.3 Å². The fraction of sp³-hybridized carbons (Fsp3) is 0.136. The van der Waals surface area contributed by atoms with E-state index >= 15 is 0 Å². The number of ether oxygens (including phenoxy) is 1. The predicted molar refractivity (Wildman–Crippen MR) is 119 cm³/mol. The van der Waals surface area contributed by atoms with Crippen molar-refractivity contribution in [2.24, 2.45) is 0 Å². The van der Waals surface area contributed by atoms with Crippen LogP contribution in [0.1, 0.15) is 11.1 Å². The molecule has 3 aromatic carbocycles. The molecule has 0 aromatic heterocycles. The van der Waals surface area contributed by atoms with Crippen LogP contribution >= 0.6 is 11.6 Å². The van der Waals surface area contributed by atoms with Gasteiger partial charge in [-0.05, 0) is 61.4 Å². The van der Waals surface area contributed by atoms with Crippen LogP contribution in [0.15, 0.2) is 71.6 Å². The largest absolute Gasteiger partial charge is 0.483 e. The first kappa shape index (κ1) is 21.7. The van der Waals surface area contributed by atoms with Crippen LogP contribution in [0.3, 0.4) is 0 Å². The molecule has 3 aromatic rings. The van der Waals surface area contributed by atoms with Crippen molar-refractivity contribution in [2.45, 2.75) is 18.7 Å². The summed E-state index contributed by atoms with van der Waals surface area (Å²) in [5.74, 6) is 0.227. The highest BCUT2D eigenvalue weighted by Gasteiger charge is 2.17. The maximum Gasteiger partial charge on any atom is 0.262 e. The summed E-state index contributed by atoms with van der Waals surface area (Å²) in [4.78, 5) is 12.3. The molecule has 0 saturated heterocycles. The van der Waals surface area contributed by atoms with E-state index in [0.717, 1.165) is 11.1 Å². The van der Waals surface area contributed by atoms with E-state index in [1.165, 1.54) is 18.2 Å². The molecular formula is C22H21ClN2O4S. The lowest BCUT2D eigenvalue weighted by Crippen LogP contribution is -2.21. The highest BCUT2D eigenvalue weighted by atomic mass is 35.5. The topological polar surface area (TPSA) is 84.5 Å². The third-order valence-corrected chi connectivity index (χ3v) is 5.94. The summed E-state index contributed by atoms with van der Waals surface area (Å²) in [5.41, 5.74) is 2.38. The number of amides is 1. The molecule has 0 fully saturated rings. The number of aryl methyl sites for hydroxylation is 2. The Morgan fingerprint density at radius 1 is 0.967 bits per heavy atom. The van der Waals surface area contributed by atoms with Gasteiger partial charge in [0.15, 0.2) is 6.61 Å². The molecule has 3 rings (SSSR count). The maximum atomic E-state index is 12.7. The normalized spacial score (nSPS) is 11.0. The van der Waals surface area contributed by atoms with E-state index in [0.29, 0.717) is 22.1 Å². The van der Waals surface area contributed by atoms with Crippen LogP contribution in [-0.4, -0.2) is 20.9 Å². The van der Waals surface area contributed by atoms with E-state index in [-0.39, 0.29) is 11.5 Å². The van der Waals surface area contributed by atoms with Gasteiger partial charge in [0.05, 0.1) is 10.6 Å². The van der Waals surface area contributed by atoms with Gasteiger partial charge in [0.1, 0.15) is 5.75 Å². The van der Waals surface area contributed by atoms with Crippen LogP contribution in [0, 0.1) is 13.8 Å². The van der Waals surface area contributed by atoms with Gasteiger partial charge in [0, 0.05) is 10.7 Å². The molecule has 0 bridgehead atoms. The van der Waals surface area contributed by atoms with Crippen molar-refractivity contribution >= 4 is 38.9 Å². The Hall–Kier alpha value is -3.03. The Bertz CT molecular complexity index is 1180. The summed E-state index contributed by atoms with van der Waals surface area (Å²) in [6.07, 6.45) is 0. The smallest absolute Gasteiger partial charge is 0.262 e. The van der Waals surface area contributed by atoms with Gasteiger partial charge >= 0.3 is 0 Å². The molecule has 1 amide bonds. The number of para-hydroxylation sites is 1. The van der Waals surface area contributed by atoms with E-state index < -0.39 is 15.9 Å². The van der Waals surface area contributed by atoms with Crippen LogP contribution in [0.25, 0.3) is 0 Å². The number of benzene rings is 3. The second kappa shape index (κ2) is 9.19. The number of sulfonamides is 1. The van der Waals surface area contributed by atoms with Crippen molar-refractivity contribution in [3.8, 4) is 5.75 Å². The minimum absolute atomic E-state index is 0.0168. The molecule has 30 heavy (non-hydrogen) atoms. The lowest BCUT2D eigenvalue weighted by atomic mass is 10.2. The van der Waals surface area contributed by atoms with Crippen LogP contribution in [0.4, 0.5) is 11.4 Å². The number of hydrogen-bond acceptors (Lipinski definition) is 4. The molecular weight excluding hydrogens is 424 g/mol. The van der Waals surface area contributed by atoms with Crippen molar-refractivity contribution in [3.63, 3.8) is 0 Å². The Morgan fingerprint density at radius 2 is 1.73 bits per heavy atom. The number of anilines is 2. The number of nitrogens with one attached hydrogen (secondary N) is 2. The Labute approximate surface area is 180 Å². The average molecular weight is 445 g/mol. The molecule has 2 N–H and O–H groups in total. The summed E-state index contributed by atoms with van der Waals surface area (Å²) in [5, 5.41) is 3.13. The first-order valence-electron chi connectivity index (χ1n) is 9.12. The fourth-order valence-corrected chi connectivity index (χ4v) is 3.98. The molecule has 0 aliphatic heterocycles. The van der Waals surface area contributed by atoms with Gasteiger partial charge in [-0.25, -0.2) is 8.42 Å². The molecule has 0 atom stereocenters. The molecule has 6 nitrogen and oxygen atoms in total. The van der Waals surface area contributed by atoms with Crippen LogP contribution in [0.2, 0.25) is 5.02 Å². The van der Waals surface area contributed by atoms with E-state index in [2.05, 4.69) is 10.0 Å². The van der Waals surface area contributed by atoms with Gasteiger partial charge in [0.2, 0.25) is 0 Å². The van der Waals surface area contributed by atoms with E-state index in [1.807, 2.05) is 25.1 Å². The highest BCUT2D eigenvalue weighted by molar-refractivity contribution is 7.92. The third kappa shape index (κ3) is 5.52. The predicted octanol–water partition coefficient (Wildman–Crippen LogP) is 4.78. The summed E-state index contributed by atoms with van der Waals surface area (Å²) in [6, 6.07) is 18.3. The molecule has 0 aliphatic rings. The molecule has 0 spiro atoms. The van der Waals surface area contributed by atoms with Crippen molar-refractivity contribution in [1.82, 2.24) is 0 Å². The number of halogens is 1. The number of carbonyl (C=O) groups is 1. The van der Waals surface area contributed by atoms with Gasteiger partial charge in [-0.15, -0.1) is 0 Å². The molecule has 156 valence electrons. The molecule has 0 unspecified atom stereocenters. The second-order valence-corrected chi connectivity index (χ2v) is 8.81. The number of hydrogen-bond donors (Lipinski definition) is 2. The van der Waals surface area contributed by atoms with Crippen LogP contribution < -0.4 is 14.8 Å². The monoisotopic (exact) mass is 444 g/mol. The zero-order valence-electron chi connectivity index (χ0n) is 16.5. The van der Waals surface area contributed by atoms with Crippen molar-refractivity contribution in [3.05, 3.63) is 82.9 Å². The summed E-state index contributed by atoms with van der Waals surface area (Å²) in [6.45, 7) is 3.47. The standard InChI is InChI=1S/C22H21ClN2O4S/c1-15-10-11-19(30(27,28)25-18-8-5-7-17(23)12-18)13-20(15)24-22(26)14-29-21-9-4-3-6-16(21)2/h3-13,25H,14H2,1-2H3,(H,24,26). The fourth-order valence-electron chi connectivity index (χ4n) is 2.72. The van der Waals surface area contributed by atoms with Gasteiger partial charge in [-0.3, -0.25) is 9.52 Å². The highest BCUT2D eigenvalue weighted by Crippen LogP contribution is 2.24. The van der Waals surface area contributed by atoms with E-state index in [1.54, 1.807) is 37.3 Å². The maximum absolute atomic E-state index is 12.7. The second-order valence-electron chi connectivity index (χ2n) is 6.69. The molecule has 0 saturated carbocycles. The Morgan fingerprint density at radius 3 is 2.47 bits per heavy atom. The lowest BCUT2D eigenvalue weighted by Gasteiger charge is -2.13. The van der Waals surface area contributed by atoms with Crippen molar-refractivity contribution < 1.29 is 17.9 Å². The van der Waals surface area contributed by atoms with Crippen molar-refractivity contribution in [2.75, 3.05) is 16.6 Å². The average Bonchev–Trinajstić information content (AvgIpc) is 2.68. The quantitative estimate of drug-likeness (QED) is 0.549. The minimum atomic E-state index is -3.86. The van der Waals surface area contributed by atoms with E-state index in [9.17, 15) is 13.2 Å². The minimum Gasteiger partial charge on any atom is -0.483 e. The number of carbonyl (C=O) groups excluding carboxylic acids is 1. The first-order valence-corrected chi connectivity index (χ1v) is 11.0.